The van der Waals surface area contributed by atoms with Crippen LogP contribution in [0.3, 0.4) is 0 Å². The third-order valence-electron chi connectivity index (χ3n) is 4.93. The molecule has 0 saturated carbocycles. The highest BCUT2D eigenvalue weighted by atomic mass is 35.5. The molecule has 2 aromatic carbocycles. The minimum atomic E-state index is -4.97. The van der Waals surface area contributed by atoms with Gasteiger partial charge in [-0.15, -0.1) is 0 Å². The summed E-state index contributed by atoms with van der Waals surface area (Å²) in [6, 6.07) is 8.35. The topological polar surface area (TPSA) is 36.8 Å². The Morgan fingerprint density at radius 3 is 2.06 bits per heavy atom. The number of halogens is 7. The summed E-state index contributed by atoms with van der Waals surface area (Å²) >= 11 is 5.99. The molecule has 0 aromatic heterocycles. The molecule has 2 aromatic rings. The van der Waals surface area contributed by atoms with E-state index in [0.717, 1.165) is 10.6 Å². The summed E-state index contributed by atoms with van der Waals surface area (Å²) in [5, 5.41) is 2.78. The Morgan fingerprint density at radius 1 is 0.968 bits per heavy atom. The molecule has 2 N–H and O–H groups in total. The van der Waals surface area contributed by atoms with Crippen molar-refractivity contribution in [1.29, 1.82) is 0 Å². The van der Waals surface area contributed by atoms with Gasteiger partial charge in [0.05, 0.1) is 37.3 Å². The highest BCUT2D eigenvalue weighted by Gasteiger charge is 2.37. The van der Waals surface area contributed by atoms with Crippen LogP contribution < -0.4 is 15.1 Å². The third-order valence-corrected chi connectivity index (χ3v) is 5.16. The zero-order valence-electron chi connectivity index (χ0n) is 16.1. The molecule has 1 amide bonds. The second kappa shape index (κ2) is 8.96. The minimum absolute atomic E-state index is 0.0238. The predicted octanol–water partition coefficient (Wildman–Crippen LogP) is 3.72. The summed E-state index contributed by atoms with van der Waals surface area (Å²) in [4.78, 5) is 15.2. The van der Waals surface area contributed by atoms with E-state index in [0.29, 0.717) is 43.3 Å². The first-order chi connectivity index (χ1) is 14.4. The number of carbonyl (C=O) groups excluding carboxylic acids is 1. The van der Waals surface area contributed by atoms with Crippen molar-refractivity contribution in [2.75, 3.05) is 42.9 Å². The highest BCUT2D eigenvalue weighted by molar-refractivity contribution is 6.30. The maximum atomic E-state index is 13.0. The van der Waals surface area contributed by atoms with E-state index in [1.165, 1.54) is 0 Å². The summed E-state index contributed by atoms with van der Waals surface area (Å²) in [6.07, 6.45) is -9.94. The minimum Gasteiger partial charge on any atom is -0.360 e. The van der Waals surface area contributed by atoms with Crippen LogP contribution in [0, 0.1) is 0 Å². The number of carbonyl (C=O) groups is 1. The number of nitrogens with one attached hydrogen (secondary N) is 2. The molecule has 1 fully saturated rings. The first kappa shape index (κ1) is 23.2. The van der Waals surface area contributed by atoms with Gasteiger partial charge in [0.2, 0.25) is 0 Å². The lowest BCUT2D eigenvalue weighted by Crippen LogP contribution is -3.15. The van der Waals surface area contributed by atoms with Gasteiger partial charge in [-0.3, -0.25) is 4.79 Å². The van der Waals surface area contributed by atoms with Crippen LogP contribution in [0.4, 0.5) is 37.7 Å². The van der Waals surface area contributed by atoms with Crippen LogP contribution in [0.15, 0.2) is 42.5 Å². The van der Waals surface area contributed by atoms with Crippen LogP contribution in [0.25, 0.3) is 0 Å². The zero-order chi connectivity index (χ0) is 22.8. The van der Waals surface area contributed by atoms with E-state index < -0.39 is 35.1 Å². The molecule has 1 aliphatic heterocycles. The SMILES string of the molecule is O=C(C[NH+]1CCN(c2cccc(Cl)c2)CC1)Nc1cc(C(F)(F)F)cc(C(F)(F)F)c1. The smallest absolute Gasteiger partial charge is 0.360 e. The Labute approximate surface area is 179 Å². The van der Waals surface area contributed by atoms with Gasteiger partial charge in [-0.05, 0) is 36.4 Å². The Hall–Kier alpha value is -2.46. The molecule has 0 aliphatic carbocycles. The van der Waals surface area contributed by atoms with Gasteiger partial charge in [0.25, 0.3) is 5.91 Å². The maximum absolute atomic E-state index is 13.0. The number of hydrogen-bond acceptors (Lipinski definition) is 2. The molecule has 31 heavy (non-hydrogen) atoms. The average molecular weight is 467 g/mol. The molecule has 0 atom stereocenters. The van der Waals surface area contributed by atoms with E-state index in [9.17, 15) is 31.1 Å². The molecule has 3 rings (SSSR count). The molecule has 0 spiro atoms. The fraction of sp³-hybridized carbons (Fsp3) is 0.350. The highest BCUT2D eigenvalue weighted by Crippen LogP contribution is 2.37. The van der Waals surface area contributed by atoms with Gasteiger partial charge >= 0.3 is 12.4 Å². The molecule has 4 nitrogen and oxygen atoms in total. The summed E-state index contributed by atoms with van der Waals surface area (Å²) < 4.78 is 77.7. The molecule has 11 heteroatoms. The molecule has 1 heterocycles. The lowest BCUT2D eigenvalue weighted by Gasteiger charge is -2.33. The Morgan fingerprint density at radius 2 is 1.55 bits per heavy atom. The van der Waals surface area contributed by atoms with Gasteiger partial charge in [0.15, 0.2) is 6.54 Å². The van der Waals surface area contributed by atoms with Crippen molar-refractivity contribution < 1.29 is 36.0 Å². The number of alkyl halides is 6. The van der Waals surface area contributed by atoms with Crippen LogP contribution >= 0.6 is 11.6 Å². The van der Waals surface area contributed by atoms with E-state index >= 15 is 0 Å². The molecule has 168 valence electrons. The summed E-state index contributed by atoms with van der Waals surface area (Å²) in [5.74, 6) is -0.654. The van der Waals surface area contributed by atoms with Crippen LogP contribution in [-0.2, 0) is 17.1 Å². The van der Waals surface area contributed by atoms with Crippen molar-refractivity contribution in [3.8, 4) is 0 Å². The molecule has 1 aliphatic rings. The first-order valence-corrected chi connectivity index (χ1v) is 9.73. The number of benzene rings is 2. The number of quaternary nitrogens is 1. The van der Waals surface area contributed by atoms with Gasteiger partial charge in [0, 0.05) is 16.4 Å². The van der Waals surface area contributed by atoms with Gasteiger partial charge in [-0.25, -0.2) is 0 Å². The van der Waals surface area contributed by atoms with Crippen molar-refractivity contribution >= 4 is 28.9 Å². The van der Waals surface area contributed by atoms with Crippen molar-refractivity contribution in [3.05, 3.63) is 58.6 Å². The lowest BCUT2D eigenvalue weighted by atomic mass is 10.1. The van der Waals surface area contributed by atoms with Crippen molar-refractivity contribution in [2.45, 2.75) is 12.4 Å². The molecule has 1 saturated heterocycles. The molecule has 0 bridgehead atoms. The number of piperazine rings is 1. The van der Waals surface area contributed by atoms with Crippen molar-refractivity contribution in [3.63, 3.8) is 0 Å². The first-order valence-electron chi connectivity index (χ1n) is 9.35. The van der Waals surface area contributed by atoms with E-state index in [2.05, 4.69) is 10.2 Å². The van der Waals surface area contributed by atoms with E-state index in [4.69, 9.17) is 11.6 Å². The summed E-state index contributed by atoms with van der Waals surface area (Å²) in [5.41, 5.74) is -2.54. The Bertz CT molecular complexity index is 907. The fourth-order valence-corrected chi connectivity index (χ4v) is 3.57. The molecular formula is C20H19ClF6N3O+. The number of nitrogens with zero attached hydrogens (tertiary/aromatic N) is 1. The van der Waals surface area contributed by atoms with E-state index in [1.54, 1.807) is 6.07 Å². The Balaban J connectivity index is 1.62. The number of amides is 1. The summed E-state index contributed by atoms with van der Waals surface area (Å²) in [7, 11) is 0. The molecule has 0 unspecified atom stereocenters. The van der Waals surface area contributed by atoms with Crippen LogP contribution in [0.5, 0.6) is 0 Å². The van der Waals surface area contributed by atoms with Crippen LogP contribution in [0.2, 0.25) is 5.02 Å². The van der Waals surface area contributed by atoms with Gasteiger partial charge in [-0.1, -0.05) is 17.7 Å². The van der Waals surface area contributed by atoms with Gasteiger partial charge in [-0.2, -0.15) is 26.3 Å². The van der Waals surface area contributed by atoms with Crippen molar-refractivity contribution in [2.24, 2.45) is 0 Å². The quantitative estimate of drug-likeness (QED) is 0.674. The second-order valence-corrected chi connectivity index (χ2v) is 7.67. The number of anilines is 2. The predicted molar refractivity (Wildman–Crippen MR) is 104 cm³/mol. The number of rotatable bonds is 4. The lowest BCUT2D eigenvalue weighted by molar-refractivity contribution is -0.892. The normalized spacial score (nSPS) is 15.8. The van der Waals surface area contributed by atoms with Gasteiger partial charge in [0.1, 0.15) is 0 Å². The Kier molecular flexibility index (Phi) is 6.70. The number of hydrogen-bond donors (Lipinski definition) is 2. The average Bonchev–Trinajstić information content (AvgIpc) is 2.67. The monoisotopic (exact) mass is 466 g/mol. The van der Waals surface area contributed by atoms with E-state index in [-0.39, 0.29) is 12.6 Å². The standard InChI is InChI=1S/C20H18ClF6N3O/c21-15-2-1-3-17(11-15)30-6-4-29(5-7-30)12-18(31)28-16-9-13(19(22,23)24)8-14(10-16)20(25,26)27/h1-3,8-11H,4-7,12H2,(H,28,31)/p+1. The fourth-order valence-electron chi connectivity index (χ4n) is 3.39. The van der Waals surface area contributed by atoms with Crippen LogP contribution in [-0.4, -0.2) is 38.6 Å². The molecule has 0 radical (unpaired) electrons. The van der Waals surface area contributed by atoms with Crippen LogP contribution in [0.1, 0.15) is 11.1 Å². The second-order valence-electron chi connectivity index (χ2n) is 7.24. The maximum Gasteiger partial charge on any atom is 0.416 e. The van der Waals surface area contributed by atoms with E-state index in [1.807, 2.05) is 18.2 Å². The zero-order valence-corrected chi connectivity index (χ0v) is 16.8. The van der Waals surface area contributed by atoms with Gasteiger partial charge < -0.3 is 15.1 Å². The molecular weight excluding hydrogens is 448 g/mol. The van der Waals surface area contributed by atoms with Crippen molar-refractivity contribution in [1.82, 2.24) is 0 Å². The third kappa shape index (κ3) is 6.27. The summed E-state index contributed by atoms with van der Waals surface area (Å²) in [6.45, 7) is 2.35. The largest absolute Gasteiger partial charge is 0.416 e.